The van der Waals surface area contributed by atoms with Gasteiger partial charge < -0.3 is 15.8 Å². The molecule has 1 aromatic carbocycles. The standard InChI is InChI=1S/C14H19N3OS/c1-3-18-12-13(15)17-19-14(12)16-9-10(2)11-7-5-4-6-8-11/h4-8,10,16H,3,9H2,1-2H3,(H2,15,17). The maximum Gasteiger partial charge on any atom is 0.197 e. The first-order valence-electron chi connectivity index (χ1n) is 6.39. The molecule has 0 radical (unpaired) electrons. The molecule has 1 aromatic heterocycles. The number of ether oxygens (including phenoxy) is 1. The first-order chi connectivity index (χ1) is 9.22. The molecule has 1 unspecified atom stereocenters. The van der Waals surface area contributed by atoms with Crippen molar-refractivity contribution in [3.05, 3.63) is 35.9 Å². The molecular weight excluding hydrogens is 258 g/mol. The van der Waals surface area contributed by atoms with Crippen molar-refractivity contribution in [1.82, 2.24) is 4.37 Å². The van der Waals surface area contributed by atoms with Crippen LogP contribution in [0.3, 0.4) is 0 Å². The number of benzene rings is 1. The van der Waals surface area contributed by atoms with Gasteiger partial charge in [0.2, 0.25) is 0 Å². The Kier molecular flexibility index (Phi) is 4.63. The monoisotopic (exact) mass is 277 g/mol. The van der Waals surface area contributed by atoms with Crippen LogP contribution in [0.25, 0.3) is 0 Å². The van der Waals surface area contributed by atoms with Gasteiger partial charge in [-0.05, 0) is 29.9 Å². The van der Waals surface area contributed by atoms with Crippen LogP contribution in [0.2, 0.25) is 0 Å². The number of aromatic nitrogens is 1. The van der Waals surface area contributed by atoms with Crippen LogP contribution in [-0.2, 0) is 0 Å². The highest BCUT2D eigenvalue weighted by Crippen LogP contribution is 2.35. The van der Waals surface area contributed by atoms with Crippen LogP contribution in [0.5, 0.6) is 5.75 Å². The predicted octanol–water partition coefficient (Wildman–Crippen LogP) is 3.34. The molecule has 0 spiro atoms. The Bertz CT molecular complexity index is 513. The number of nitrogens with two attached hydrogens (primary N) is 1. The molecule has 0 aliphatic rings. The van der Waals surface area contributed by atoms with E-state index in [1.807, 2.05) is 13.0 Å². The molecule has 0 amide bonds. The van der Waals surface area contributed by atoms with Gasteiger partial charge in [-0.15, -0.1) is 0 Å². The number of rotatable bonds is 6. The number of hydrogen-bond donors (Lipinski definition) is 2. The molecule has 5 heteroatoms. The summed E-state index contributed by atoms with van der Waals surface area (Å²) in [5.74, 6) is 1.55. The van der Waals surface area contributed by atoms with Crippen LogP contribution in [0.1, 0.15) is 25.3 Å². The van der Waals surface area contributed by atoms with E-state index in [-0.39, 0.29) is 0 Å². The van der Waals surface area contributed by atoms with Crippen LogP contribution in [0.15, 0.2) is 30.3 Å². The first-order valence-corrected chi connectivity index (χ1v) is 7.16. The van der Waals surface area contributed by atoms with Crippen molar-refractivity contribution >= 4 is 22.4 Å². The number of nitrogens with one attached hydrogen (secondary N) is 1. The molecule has 0 aliphatic heterocycles. The minimum absolute atomic E-state index is 0.416. The molecule has 0 fully saturated rings. The lowest BCUT2D eigenvalue weighted by atomic mass is 10.0. The van der Waals surface area contributed by atoms with Crippen molar-refractivity contribution in [2.75, 3.05) is 24.2 Å². The van der Waals surface area contributed by atoms with E-state index in [0.717, 1.165) is 11.5 Å². The zero-order valence-corrected chi connectivity index (χ0v) is 12.0. The third-order valence-corrected chi connectivity index (χ3v) is 3.70. The summed E-state index contributed by atoms with van der Waals surface area (Å²) in [4.78, 5) is 0. The van der Waals surface area contributed by atoms with Gasteiger partial charge in [-0.1, -0.05) is 37.3 Å². The molecule has 2 rings (SSSR count). The van der Waals surface area contributed by atoms with E-state index in [0.29, 0.717) is 24.1 Å². The van der Waals surface area contributed by atoms with Crippen molar-refractivity contribution in [1.29, 1.82) is 0 Å². The molecule has 0 saturated heterocycles. The minimum Gasteiger partial charge on any atom is -0.487 e. The van der Waals surface area contributed by atoms with Gasteiger partial charge >= 0.3 is 0 Å². The minimum atomic E-state index is 0.416. The number of nitrogen functional groups attached to an aromatic ring is 1. The third kappa shape index (κ3) is 3.38. The topological polar surface area (TPSA) is 60.2 Å². The van der Waals surface area contributed by atoms with Crippen LogP contribution < -0.4 is 15.8 Å². The highest BCUT2D eigenvalue weighted by molar-refractivity contribution is 7.11. The fourth-order valence-corrected chi connectivity index (χ4v) is 2.50. The summed E-state index contributed by atoms with van der Waals surface area (Å²) < 4.78 is 9.62. The van der Waals surface area contributed by atoms with E-state index in [9.17, 15) is 0 Å². The molecule has 0 bridgehead atoms. The van der Waals surface area contributed by atoms with E-state index in [2.05, 4.69) is 40.9 Å². The molecule has 2 aromatic rings. The van der Waals surface area contributed by atoms with Gasteiger partial charge in [0.05, 0.1) is 6.61 Å². The number of nitrogens with zero attached hydrogens (tertiary/aromatic N) is 1. The quantitative estimate of drug-likeness (QED) is 0.850. The predicted molar refractivity (Wildman–Crippen MR) is 81.0 cm³/mol. The van der Waals surface area contributed by atoms with Gasteiger partial charge in [-0.2, -0.15) is 4.37 Å². The van der Waals surface area contributed by atoms with Crippen molar-refractivity contribution in [2.24, 2.45) is 0 Å². The third-order valence-electron chi connectivity index (χ3n) is 2.90. The molecule has 0 aliphatic carbocycles. The highest BCUT2D eigenvalue weighted by atomic mass is 32.1. The average molecular weight is 277 g/mol. The van der Waals surface area contributed by atoms with E-state index in [1.165, 1.54) is 17.1 Å². The van der Waals surface area contributed by atoms with Crippen molar-refractivity contribution in [3.8, 4) is 5.75 Å². The summed E-state index contributed by atoms with van der Waals surface area (Å²) in [7, 11) is 0. The van der Waals surface area contributed by atoms with Crippen LogP contribution in [0.4, 0.5) is 10.8 Å². The number of anilines is 2. The summed E-state index contributed by atoms with van der Waals surface area (Å²) in [6.45, 7) is 5.54. The van der Waals surface area contributed by atoms with Gasteiger partial charge in [0.15, 0.2) is 16.6 Å². The first kappa shape index (κ1) is 13.7. The average Bonchev–Trinajstić information content (AvgIpc) is 2.79. The molecule has 1 heterocycles. The summed E-state index contributed by atoms with van der Waals surface area (Å²) in [6.07, 6.45) is 0. The summed E-state index contributed by atoms with van der Waals surface area (Å²) in [5, 5.41) is 4.27. The van der Waals surface area contributed by atoms with Gasteiger partial charge in [-0.3, -0.25) is 0 Å². The normalized spacial score (nSPS) is 12.1. The summed E-state index contributed by atoms with van der Waals surface area (Å²) in [6, 6.07) is 10.4. The summed E-state index contributed by atoms with van der Waals surface area (Å²) >= 11 is 1.34. The van der Waals surface area contributed by atoms with Crippen LogP contribution in [-0.4, -0.2) is 17.5 Å². The maximum absolute atomic E-state index is 5.78. The van der Waals surface area contributed by atoms with Gasteiger partial charge in [-0.25, -0.2) is 0 Å². The fraction of sp³-hybridized carbons (Fsp3) is 0.357. The fourth-order valence-electron chi connectivity index (χ4n) is 1.84. The Morgan fingerprint density at radius 1 is 1.37 bits per heavy atom. The Morgan fingerprint density at radius 2 is 2.11 bits per heavy atom. The largest absolute Gasteiger partial charge is 0.487 e. The second-order valence-electron chi connectivity index (χ2n) is 4.35. The van der Waals surface area contributed by atoms with E-state index >= 15 is 0 Å². The lowest BCUT2D eigenvalue weighted by Crippen LogP contribution is -2.10. The molecule has 102 valence electrons. The molecular formula is C14H19N3OS. The van der Waals surface area contributed by atoms with Crippen LogP contribution in [0, 0.1) is 0 Å². The lowest BCUT2D eigenvalue weighted by Gasteiger charge is -2.13. The lowest BCUT2D eigenvalue weighted by molar-refractivity contribution is 0.344. The second-order valence-corrected chi connectivity index (χ2v) is 5.13. The van der Waals surface area contributed by atoms with Crippen LogP contribution >= 0.6 is 11.5 Å². The molecule has 0 saturated carbocycles. The van der Waals surface area contributed by atoms with E-state index < -0.39 is 0 Å². The van der Waals surface area contributed by atoms with E-state index in [4.69, 9.17) is 10.5 Å². The Hall–Kier alpha value is -1.75. The van der Waals surface area contributed by atoms with Crippen molar-refractivity contribution < 1.29 is 4.74 Å². The zero-order chi connectivity index (χ0) is 13.7. The van der Waals surface area contributed by atoms with Crippen molar-refractivity contribution in [3.63, 3.8) is 0 Å². The van der Waals surface area contributed by atoms with Gasteiger partial charge in [0, 0.05) is 6.54 Å². The van der Waals surface area contributed by atoms with Gasteiger partial charge in [0.1, 0.15) is 0 Å². The zero-order valence-electron chi connectivity index (χ0n) is 11.2. The highest BCUT2D eigenvalue weighted by Gasteiger charge is 2.13. The van der Waals surface area contributed by atoms with Gasteiger partial charge in [0.25, 0.3) is 0 Å². The summed E-state index contributed by atoms with van der Waals surface area (Å²) in [5.41, 5.74) is 7.09. The Morgan fingerprint density at radius 3 is 2.79 bits per heavy atom. The molecule has 4 nitrogen and oxygen atoms in total. The molecule has 1 atom stereocenters. The maximum atomic E-state index is 5.78. The molecule has 19 heavy (non-hydrogen) atoms. The SMILES string of the molecule is CCOc1c(N)nsc1NCC(C)c1ccccc1. The van der Waals surface area contributed by atoms with E-state index in [1.54, 1.807) is 0 Å². The number of hydrogen-bond acceptors (Lipinski definition) is 5. The Balaban J connectivity index is 1.99. The smallest absolute Gasteiger partial charge is 0.197 e. The Labute approximate surface area is 117 Å². The second kappa shape index (κ2) is 6.43. The van der Waals surface area contributed by atoms with Crippen molar-refractivity contribution in [2.45, 2.75) is 19.8 Å². The molecule has 3 N–H and O–H groups in total.